The lowest BCUT2D eigenvalue weighted by molar-refractivity contribution is 0.346. The summed E-state index contributed by atoms with van der Waals surface area (Å²) in [5.74, 6) is 0.956. The molecule has 0 aliphatic rings. The van der Waals surface area contributed by atoms with Crippen molar-refractivity contribution in [3.63, 3.8) is 0 Å². The highest BCUT2D eigenvalue weighted by molar-refractivity contribution is 5.36. The lowest BCUT2D eigenvalue weighted by atomic mass is 10.1. The summed E-state index contributed by atoms with van der Waals surface area (Å²) >= 11 is 0. The fourth-order valence-electron chi connectivity index (χ4n) is 1.40. The first-order valence-electron chi connectivity index (χ1n) is 5.71. The molecule has 0 fully saturated rings. The van der Waals surface area contributed by atoms with E-state index in [0.29, 0.717) is 6.61 Å². The van der Waals surface area contributed by atoms with Crippen molar-refractivity contribution in [1.29, 1.82) is 0 Å². The second-order valence-electron chi connectivity index (χ2n) is 4.09. The Hall–Kier alpha value is -1.28. The van der Waals surface area contributed by atoms with Gasteiger partial charge in [-0.25, -0.2) is 0 Å². The molecule has 0 aliphatic carbocycles. The van der Waals surface area contributed by atoms with E-state index in [4.69, 9.17) is 4.74 Å². The molecule has 0 amide bonds. The van der Waals surface area contributed by atoms with Crippen molar-refractivity contribution in [2.75, 3.05) is 19.7 Å². The Morgan fingerprint density at radius 3 is 2.81 bits per heavy atom. The molecule has 2 nitrogen and oxygen atoms in total. The molecule has 1 rings (SSSR count). The van der Waals surface area contributed by atoms with Crippen LogP contribution in [0.4, 0.5) is 0 Å². The van der Waals surface area contributed by atoms with E-state index in [2.05, 4.69) is 50.9 Å². The lowest BCUT2D eigenvalue weighted by Gasteiger charge is -2.11. The predicted octanol–water partition coefficient (Wildman–Crippen LogP) is 2.85. The summed E-state index contributed by atoms with van der Waals surface area (Å²) in [4.78, 5) is 0. The zero-order valence-corrected chi connectivity index (χ0v) is 10.5. The van der Waals surface area contributed by atoms with Crippen molar-refractivity contribution < 1.29 is 4.74 Å². The van der Waals surface area contributed by atoms with Gasteiger partial charge in [0.2, 0.25) is 0 Å². The quantitative estimate of drug-likeness (QED) is 0.743. The van der Waals surface area contributed by atoms with Crippen LogP contribution in [0.2, 0.25) is 0 Å². The number of likely N-dealkylation sites (N-methyl/N-ethyl adjacent to an activating group) is 1. The number of nitrogens with one attached hydrogen (secondary N) is 1. The van der Waals surface area contributed by atoms with Crippen molar-refractivity contribution in [2.45, 2.75) is 20.8 Å². The van der Waals surface area contributed by atoms with E-state index in [9.17, 15) is 0 Å². The van der Waals surface area contributed by atoms with Gasteiger partial charge in [-0.15, -0.1) is 0 Å². The largest absolute Gasteiger partial charge is 0.489 e. The standard InChI is InChI=1S/C14H21NO/c1-5-15-9-12(3)10-16-14-8-11(2)6-7-13(14)4/h6-8,15H,3,5,9-10H2,1-2,4H3. The van der Waals surface area contributed by atoms with Crippen LogP contribution in [0, 0.1) is 13.8 Å². The van der Waals surface area contributed by atoms with E-state index >= 15 is 0 Å². The smallest absolute Gasteiger partial charge is 0.122 e. The molecule has 0 radical (unpaired) electrons. The minimum Gasteiger partial charge on any atom is -0.489 e. The third-order valence-corrected chi connectivity index (χ3v) is 2.40. The van der Waals surface area contributed by atoms with Crippen LogP contribution in [-0.4, -0.2) is 19.7 Å². The maximum Gasteiger partial charge on any atom is 0.122 e. The molecule has 0 spiro atoms. The minimum absolute atomic E-state index is 0.581. The van der Waals surface area contributed by atoms with Crippen LogP contribution >= 0.6 is 0 Å². The number of rotatable bonds is 6. The molecule has 2 heteroatoms. The maximum absolute atomic E-state index is 5.74. The van der Waals surface area contributed by atoms with Gasteiger partial charge in [-0.3, -0.25) is 0 Å². The molecule has 0 aromatic heterocycles. The molecule has 0 aliphatic heterocycles. The van der Waals surface area contributed by atoms with Gasteiger partial charge in [0.1, 0.15) is 12.4 Å². The topological polar surface area (TPSA) is 21.3 Å². The van der Waals surface area contributed by atoms with Crippen LogP contribution in [0.15, 0.2) is 30.4 Å². The van der Waals surface area contributed by atoms with Crippen molar-refractivity contribution in [3.8, 4) is 5.75 Å². The van der Waals surface area contributed by atoms with Crippen LogP contribution in [0.5, 0.6) is 5.75 Å². The van der Waals surface area contributed by atoms with Gasteiger partial charge in [0, 0.05) is 6.54 Å². The lowest BCUT2D eigenvalue weighted by Crippen LogP contribution is -2.18. The zero-order chi connectivity index (χ0) is 12.0. The molecule has 0 bridgehead atoms. The van der Waals surface area contributed by atoms with Gasteiger partial charge >= 0.3 is 0 Å². The van der Waals surface area contributed by atoms with E-state index in [1.165, 1.54) is 11.1 Å². The monoisotopic (exact) mass is 219 g/mol. The summed E-state index contributed by atoms with van der Waals surface area (Å²) in [6, 6.07) is 6.24. The molecule has 0 heterocycles. The molecular formula is C14H21NO. The number of aryl methyl sites for hydroxylation is 2. The van der Waals surface area contributed by atoms with Crippen LogP contribution in [-0.2, 0) is 0 Å². The van der Waals surface area contributed by atoms with Gasteiger partial charge in [0.15, 0.2) is 0 Å². The Bertz CT molecular complexity index is 358. The van der Waals surface area contributed by atoms with Crippen molar-refractivity contribution in [3.05, 3.63) is 41.5 Å². The third kappa shape index (κ3) is 4.07. The summed E-state index contributed by atoms with van der Waals surface area (Å²) in [6.07, 6.45) is 0. The molecule has 0 unspecified atom stereocenters. The van der Waals surface area contributed by atoms with Crippen LogP contribution in [0.3, 0.4) is 0 Å². The van der Waals surface area contributed by atoms with E-state index < -0.39 is 0 Å². The average molecular weight is 219 g/mol. The number of benzene rings is 1. The molecule has 88 valence electrons. The van der Waals surface area contributed by atoms with Crippen molar-refractivity contribution in [2.24, 2.45) is 0 Å². The Balaban J connectivity index is 2.47. The van der Waals surface area contributed by atoms with Gasteiger partial charge in [0.25, 0.3) is 0 Å². The summed E-state index contributed by atoms with van der Waals surface area (Å²) in [5.41, 5.74) is 3.46. The zero-order valence-electron chi connectivity index (χ0n) is 10.5. The SMILES string of the molecule is C=C(CNCC)COc1cc(C)ccc1C. The van der Waals surface area contributed by atoms with Gasteiger partial charge in [-0.2, -0.15) is 0 Å². The molecule has 1 N–H and O–H groups in total. The highest BCUT2D eigenvalue weighted by Gasteiger charge is 2.00. The van der Waals surface area contributed by atoms with Crippen molar-refractivity contribution >= 4 is 0 Å². The highest BCUT2D eigenvalue weighted by Crippen LogP contribution is 2.19. The van der Waals surface area contributed by atoms with Crippen LogP contribution in [0.25, 0.3) is 0 Å². The normalized spacial score (nSPS) is 10.2. The van der Waals surface area contributed by atoms with Crippen molar-refractivity contribution in [1.82, 2.24) is 5.32 Å². The first kappa shape index (κ1) is 12.8. The molecule has 16 heavy (non-hydrogen) atoms. The molecule has 1 aromatic carbocycles. The summed E-state index contributed by atoms with van der Waals surface area (Å²) in [5, 5.41) is 3.23. The first-order chi connectivity index (χ1) is 7.63. The fraction of sp³-hybridized carbons (Fsp3) is 0.429. The Kier molecular flexibility index (Phi) is 5.06. The maximum atomic E-state index is 5.74. The number of hydrogen-bond donors (Lipinski definition) is 1. The van der Waals surface area contributed by atoms with E-state index in [1.54, 1.807) is 0 Å². The average Bonchev–Trinajstić information content (AvgIpc) is 2.27. The van der Waals surface area contributed by atoms with Gasteiger partial charge in [-0.05, 0) is 43.2 Å². The van der Waals surface area contributed by atoms with E-state index in [1.807, 2.05) is 0 Å². The second-order valence-corrected chi connectivity index (χ2v) is 4.09. The Morgan fingerprint density at radius 2 is 2.12 bits per heavy atom. The van der Waals surface area contributed by atoms with Crippen LogP contribution in [0.1, 0.15) is 18.1 Å². The second kappa shape index (κ2) is 6.33. The number of hydrogen-bond acceptors (Lipinski definition) is 2. The fourth-order valence-corrected chi connectivity index (χ4v) is 1.40. The van der Waals surface area contributed by atoms with Gasteiger partial charge < -0.3 is 10.1 Å². The summed E-state index contributed by atoms with van der Waals surface area (Å²) in [7, 11) is 0. The van der Waals surface area contributed by atoms with Gasteiger partial charge in [-0.1, -0.05) is 25.6 Å². The molecule has 0 saturated carbocycles. The van der Waals surface area contributed by atoms with Crippen LogP contribution < -0.4 is 10.1 Å². The molecular weight excluding hydrogens is 198 g/mol. The molecule has 1 aromatic rings. The summed E-state index contributed by atoms with van der Waals surface area (Å²) < 4.78 is 5.74. The highest BCUT2D eigenvalue weighted by atomic mass is 16.5. The predicted molar refractivity (Wildman–Crippen MR) is 69.1 cm³/mol. The molecule has 0 saturated heterocycles. The minimum atomic E-state index is 0.581. The van der Waals surface area contributed by atoms with E-state index in [-0.39, 0.29) is 0 Å². The number of ether oxygens (including phenoxy) is 1. The Morgan fingerprint density at radius 1 is 1.38 bits per heavy atom. The van der Waals surface area contributed by atoms with Gasteiger partial charge in [0.05, 0.1) is 0 Å². The molecule has 0 atom stereocenters. The third-order valence-electron chi connectivity index (χ3n) is 2.40. The Labute approximate surface area is 98.3 Å². The van der Waals surface area contributed by atoms with E-state index in [0.717, 1.165) is 24.4 Å². The summed E-state index contributed by atoms with van der Waals surface area (Å²) in [6.45, 7) is 12.5. The first-order valence-corrected chi connectivity index (χ1v) is 5.71.